The summed E-state index contributed by atoms with van der Waals surface area (Å²) < 4.78 is 0. The molecule has 0 aromatic heterocycles. The molecule has 8 aromatic rings. The molecule has 8 rings (SSSR count). The minimum absolute atomic E-state index is 0.00806. The molecular formula is C48H35Cl2N10O7+. The number of aromatic hydroxyl groups is 2. The number of imide groups is 1. The van der Waals surface area contributed by atoms with Crippen molar-refractivity contribution < 1.29 is 39.5 Å². The van der Waals surface area contributed by atoms with Crippen molar-refractivity contribution in [1.82, 2.24) is 5.32 Å². The average Bonchev–Trinajstić information content (AvgIpc) is 3.34. The predicted molar refractivity (Wildman–Crippen MR) is 254 cm³/mol. The zero-order valence-corrected chi connectivity index (χ0v) is 36.2. The zero-order chi connectivity index (χ0) is 46.7. The van der Waals surface area contributed by atoms with Gasteiger partial charge in [-0.15, -0.1) is 10.2 Å². The molecule has 0 aliphatic rings. The van der Waals surface area contributed by atoms with Crippen LogP contribution in [0.25, 0.3) is 21.5 Å². The molecule has 0 radical (unpaired) electrons. The Morgan fingerprint density at radius 2 is 1.16 bits per heavy atom. The summed E-state index contributed by atoms with van der Waals surface area (Å²) in [6.07, 6.45) is 1.05. The summed E-state index contributed by atoms with van der Waals surface area (Å²) in [4.78, 5) is 37.0. The highest BCUT2D eigenvalue weighted by molar-refractivity contribution is 6.34. The van der Waals surface area contributed by atoms with Gasteiger partial charge in [0.1, 0.15) is 34.3 Å². The molecule has 19 heteroatoms. The van der Waals surface area contributed by atoms with Gasteiger partial charge in [0.05, 0.1) is 43.5 Å². The molecule has 3 amide bonds. The Bertz CT molecular complexity index is 3260. The molecule has 0 atom stereocenters. The molecule has 67 heavy (non-hydrogen) atoms. The van der Waals surface area contributed by atoms with E-state index >= 15 is 0 Å². The second-order valence-corrected chi connectivity index (χ2v) is 15.0. The number of oxime groups is 1. The first-order valence-electron chi connectivity index (χ1n) is 20.0. The zero-order valence-electron chi connectivity index (χ0n) is 34.7. The second-order valence-electron chi connectivity index (χ2n) is 14.2. The SMILES string of the molecule is O=C(NC(=O)c1cc2ccccc2c(N=Nc2ccc(N=[N+](O)c3ccc(N=Nc4c(O)c(CO/N=C/ONc5ccccc5Cl)cc5ccccc45)cc3)cc2)c1O)Nc1ccccc1Cl. The number of nitrogens with one attached hydrogen (secondary N) is 3. The van der Waals surface area contributed by atoms with E-state index in [0.29, 0.717) is 65.7 Å². The molecule has 0 aliphatic carbocycles. The standard InChI is InChI=1S/C48H34Cl2N10O7/c49-39-13-5-7-15-41(39)52-48(64)53-47(63)38-26-30-10-2-4-12-37(30)44(46(38)62)57-54-32-17-19-34(20-18-32)58-60(65)35-23-21-33(22-24-35)55-56-43-36-11-3-1-9-29(36)25-31(45(43)61)27-66-51-28-67-59-42-16-8-6-14-40(42)50/h1-26,28,59,65H,27H2,(H3,52,53,55,61,63,64)/p+1/b51-28+. The lowest BCUT2D eigenvalue weighted by atomic mass is 10.0. The van der Waals surface area contributed by atoms with Crippen LogP contribution in [0, 0.1) is 0 Å². The lowest BCUT2D eigenvalue weighted by Gasteiger charge is -2.11. The number of carbonyl (C=O) groups is 2. The predicted octanol–water partition coefficient (Wildman–Crippen LogP) is 13.8. The van der Waals surface area contributed by atoms with E-state index in [4.69, 9.17) is 32.9 Å². The normalized spacial score (nSPS) is 11.7. The van der Waals surface area contributed by atoms with Gasteiger partial charge in [-0.05, 0) is 83.6 Å². The maximum atomic E-state index is 13.2. The monoisotopic (exact) mass is 933 g/mol. The van der Waals surface area contributed by atoms with Crippen LogP contribution in [0.15, 0.2) is 188 Å². The first kappa shape index (κ1) is 44.7. The molecule has 8 aromatic carbocycles. The van der Waals surface area contributed by atoms with Crippen molar-refractivity contribution in [3.05, 3.63) is 179 Å². The maximum absolute atomic E-state index is 13.2. The fourth-order valence-electron chi connectivity index (χ4n) is 6.48. The molecule has 0 aliphatic heterocycles. The quantitative estimate of drug-likeness (QED) is 0.0202. The molecule has 0 spiro atoms. The Labute approximate surface area is 390 Å². The van der Waals surface area contributed by atoms with Gasteiger partial charge in [-0.25, -0.2) is 10.3 Å². The smallest absolute Gasteiger partial charge is 0.326 e. The van der Waals surface area contributed by atoms with Gasteiger partial charge in [0, 0.05) is 28.5 Å². The van der Waals surface area contributed by atoms with E-state index in [2.05, 4.69) is 46.8 Å². The van der Waals surface area contributed by atoms with E-state index in [0.717, 1.165) is 11.8 Å². The number of nitrogens with zero attached hydrogens (tertiary/aromatic N) is 7. The van der Waals surface area contributed by atoms with E-state index in [-0.39, 0.29) is 34.3 Å². The third kappa shape index (κ3) is 10.9. The van der Waals surface area contributed by atoms with Crippen molar-refractivity contribution in [3.63, 3.8) is 0 Å². The minimum atomic E-state index is -0.875. The summed E-state index contributed by atoms with van der Waals surface area (Å²) in [6, 6.07) is 43.0. The molecule has 0 heterocycles. The highest BCUT2D eigenvalue weighted by Crippen LogP contribution is 2.41. The van der Waals surface area contributed by atoms with Crippen LogP contribution >= 0.6 is 23.2 Å². The number of amides is 3. The van der Waals surface area contributed by atoms with E-state index < -0.39 is 17.7 Å². The Hall–Kier alpha value is -8.93. The van der Waals surface area contributed by atoms with Crippen molar-refractivity contribution in [2.45, 2.75) is 6.61 Å². The topological polar surface area (TPSA) is 227 Å². The third-order valence-corrected chi connectivity index (χ3v) is 10.4. The number of halogens is 2. The van der Waals surface area contributed by atoms with Gasteiger partial charge in [0.2, 0.25) is 6.40 Å². The summed E-state index contributed by atoms with van der Waals surface area (Å²) in [5.74, 6) is -1.50. The van der Waals surface area contributed by atoms with Crippen LogP contribution in [0.4, 0.5) is 50.3 Å². The average molecular weight is 935 g/mol. The summed E-state index contributed by atoms with van der Waals surface area (Å²) in [7, 11) is 0. The second kappa shape index (κ2) is 20.7. The number of para-hydroxylation sites is 2. The Morgan fingerprint density at radius 1 is 0.627 bits per heavy atom. The highest BCUT2D eigenvalue weighted by Gasteiger charge is 2.21. The van der Waals surface area contributed by atoms with Crippen LogP contribution in [0.3, 0.4) is 0 Å². The van der Waals surface area contributed by atoms with Gasteiger partial charge in [-0.1, -0.05) is 101 Å². The van der Waals surface area contributed by atoms with Crippen molar-refractivity contribution in [1.29, 1.82) is 0 Å². The number of phenols is 2. The molecule has 0 fully saturated rings. The number of carbonyl (C=O) groups excluding carboxylic acids is 2. The van der Waals surface area contributed by atoms with Crippen LogP contribution in [-0.2, 0) is 16.3 Å². The Kier molecular flexibility index (Phi) is 13.8. The largest absolute Gasteiger partial charge is 0.505 e. The van der Waals surface area contributed by atoms with Crippen LogP contribution < -0.4 is 16.1 Å². The third-order valence-electron chi connectivity index (χ3n) is 9.77. The van der Waals surface area contributed by atoms with Crippen LogP contribution in [0.1, 0.15) is 15.9 Å². The number of benzene rings is 8. The molecule has 17 nitrogen and oxygen atoms in total. The van der Waals surface area contributed by atoms with E-state index in [9.17, 15) is 25.0 Å². The van der Waals surface area contributed by atoms with Gasteiger partial charge in [-0.2, -0.15) is 10.2 Å². The summed E-state index contributed by atoms with van der Waals surface area (Å²) >= 11 is 12.2. The summed E-state index contributed by atoms with van der Waals surface area (Å²) in [5.41, 5.74) is 5.41. The van der Waals surface area contributed by atoms with Crippen molar-refractivity contribution in [3.8, 4) is 11.5 Å². The maximum Gasteiger partial charge on any atom is 0.326 e. The van der Waals surface area contributed by atoms with E-state index in [1.54, 1.807) is 127 Å². The van der Waals surface area contributed by atoms with Gasteiger partial charge in [-0.3, -0.25) is 15.3 Å². The first-order valence-corrected chi connectivity index (χ1v) is 20.8. The number of anilines is 2. The van der Waals surface area contributed by atoms with Crippen molar-refractivity contribution in [2.24, 2.45) is 30.7 Å². The number of hydrogen-bond donors (Lipinski definition) is 6. The van der Waals surface area contributed by atoms with E-state index in [1.807, 2.05) is 24.3 Å². The first-order chi connectivity index (χ1) is 32.6. The van der Waals surface area contributed by atoms with E-state index in [1.165, 1.54) is 6.07 Å². The summed E-state index contributed by atoms with van der Waals surface area (Å²) in [5, 5.41) is 66.5. The molecule has 0 saturated heterocycles. The van der Waals surface area contributed by atoms with Crippen LogP contribution in [-0.4, -0.2) is 38.6 Å². The molecule has 0 saturated carbocycles. The lowest BCUT2D eigenvalue weighted by molar-refractivity contribution is -0.761. The fraction of sp³-hybridized carbons (Fsp3) is 0.0208. The minimum Gasteiger partial charge on any atom is -0.505 e. The van der Waals surface area contributed by atoms with Crippen molar-refractivity contribution in [2.75, 3.05) is 10.8 Å². The lowest BCUT2D eigenvalue weighted by Crippen LogP contribution is -2.34. The number of azo groups is 3. The van der Waals surface area contributed by atoms with Gasteiger partial charge in [0.25, 0.3) is 11.6 Å². The van der Waals surface area contributed by atoms with Gasteiger partial charge in [0.15, 0.2) is 5.75 Å². The molecule has 0 unspecified atom stereocenters. The number of phenolic OH excluding ortho intramolecular Hbond substituents is 2. The Morgan fingerprint density at radius 3 is 1.81 bits per heavy atom. The van der Waals surface area contributed by atoms with Crippen molar-refractivity contribution >= 4 is 109 Å². The molecule has 6 N–H and O–H groups in total. The fourth-order valence-corrected chi connectivity index (χ4v) is 6.83. The molecule has 332 valence electrons. The highest BCUT2D eigenvalue weighted by atomic mass is 35.5. The number of urea groups is 1. The number of fused-ring (bicyclic) bond motifs is 2. The van der Waals surface area contributed by atoms with Crippen LogP contribution in [0.2, 0.25) is 10.0 Å². The number of rotatable bonds is 14. The molecule has 0 bridgehead atoms. The van der Waals surface area contributed by atoms with Gasteiger partial charge < -0.3 is 25.2 Å². The summed E-state index contributed by atoms with van der Waals surface area (Å²) in [6.45, 7) is -0.100. The van der Waals surface area contributed by atoms with Crippen LogP contribution in [0.5, 0.6) is 11.5 Å². The Balaban J connectivity index is 0.918. The number of hydrogen-bond acceptors (Lipinski definition) is 13. The molecular weight excluding hydrogens is 899 g/mol. The van der Waals surface area contributed by atoms with Gasteiger partial charge >= 0.3 is 6.03 Å².